The smallest absolute Gasteiger partial charge is 0.164 e. The number of nitrogens with zero attached hydrogens (tertiary/aromatic N) is 4. The molecule has 1 aromatic carbocycles. The average molecular weight is 425 g/mol. The molecular weight excluding hydrogens is 406 g/mol. The van der Waals surface area contributed by atoms with E-state index in [4.69, 9.17) is 22.1 Å². The minimum atomic E-state index is -0.151. The highest BCUT2D eigenvalue weighted by molar-refractivity contribution is 9.10. The topological polar surface area (TPSA) is 78.9 Å². The van der Waals surface area contributed by atoms with Gasteiger partial charge in [0.25, 0.3) is 0 Å². The molecule has 0 saturated carbocycles. The van der Waals surface area contributed by atoms with Crippen molar-refractivity contribution in [1.82, 2.24) is 19.7 Å². The van der Waals surface area contributed by atoms with Crippen molar-refractivity contribution < 1.29 is 4.74 Å². The molecule has 132 valence electrons. The van der Waals surface area contributed by atoms with Gasteiger partial charge in [-0.15, -0.1) is 0 Å². The van der Waals surface area contributed by atoms with Gasteiger partial charge < -0.3 is 10.5 Å². The summed E-state index contributed by atoms with van der Waals surface area (Å²) >= 11 is 10.0. The molecule has 25 heavy (non-hydrogen) atoms. The van der Waals surface area contributed by atoms with E-state index in [-0.39, 0.29) is 6.04 Å². The average Bonchev–Trinajstić information content (AvgIpc) is 2.93. The summed E-state index contributed by atoms with van der Waals surface area (Å²) in [4.78, 5) is 8.43. The number of rotatable bonds is 4. The fourth-order valence-corrected chi connectivity index (χ4v) is 3.77. The Morgan fingerprint density at radius 2 is 2.08 bits per heavy atom. The molecule has 0 aliphatic heterocycles. The lowest BCUT2D eigenvalue weighted by atomic mass is 10.0. The van der Waals surface area contributed by atoms with Gasteiger partial charge in [0.1, 0.15) is 17.9 Å². The van der Waals surface area contributed by atoms with Crippen molar-refractivity contribution in [2.45, 2.75) is 33.7 Å². The maximum atomic E-state index is 6.41. The largest absolute Gasteiger partial charge is 0.492 e. The fraction of sp³-hybridized carbons (Fsp3) is 0.353. The van der Waals surface area contributed by atoms with Crippen LogP contribution < -0.4 is 10.5 Å². The number of hydrogen-bond acceptors (Lipinski definition) is 5. The van der Waals surface area contributed by atoms with Crippen molar-refractivity contribution in [3.05, 3.63) is 38.7 Å². The number of halogens is 2. The predicted octanol–water partition coefficient (Wildman–Crippen LogP) is 4.45. The van der Waals surface area contributed by atoms with E-state index in [9.17, 15) is 0 Å². The monoisotopic (exact) mass is 423 g/mol. The van der Waals surface area contributed by atoms with Gasteiger partial charge >= 0.3 is 0 Å². The highest BCUT2D eigenvalue weighted by Gasteiger charge is 2.23. The number of nitrogens with two attached hydrogens (primary N) is 1. The van der Waals surface area contributed by atoms with E-state index in [1.54, 1.807) is 0 Å². The Hall–Kier alpha value is -1.86. The highest BCUT2D eigenvalue weighted by Crippen LogP contribution is 2.41. The van der Waals surface area contributed by atoms with Crippen LogP contribution in [0.2, 0.25) is 5.02 Å². The van der Waals surface area contributed by atoms with E-state index in [2.05, 4.69) is 31.0 Å². The zero-order chi connectivity index (χ0) is 18.3. The van der Waals surface area contributed by atoms with E-state index in [0.29, 0.717) is 23.1 Å². The molecule has 0 radical (unpaired) electrons. The highest BCUT2D eigenvalue weighted by atomic mass is 79.9. The second-order valence-corrected chi connectivity index (χ2v) is 7.01. The molecule has 2 N–H and O–H groups in total. The molecule has 3 aromatic rings. The third-order valence-corrected chi connectivity index (χ3v) is 5.58. The van der Waals surface area contributed by atoms with E-state index in [0.717, 1.165) is 32.4 Å². The van der Waals surface area contributed by atoms with Crippen molar-refractivity contribution in [1.29, 1.82) is 0 Å². The van der Waals surface area contributed by atoms with Crippen LogP contribution in [0.1, 0.15) is 36.7 Å². The van der Waals surface area contributed by atoms with E-state index in [1.165, 1.54) is 6.33 Å². The zero-order valence-corrected chi connectivity index (χ0v) is 16.8. The Bertz CT molecular complexity index is 956. The van der Waals surface area contributed by atoms with Crippen molar-refractivity contribution in [2.75, 3.05) is 12.3 Å². The minimum Gasteiger partial charge on any atom is -0.492 e. The molecular formula is C17H19BrClN5O. The maximum absolute atomic E-state index is 6.41. The first kappa shape index (κ1) is 17.9. The fourth-order valence-electron chi connectivity index (χ4n) is 2.88. The van der Waals surface area contributed by atoms with Gasteiger partial charge in [0.15, 0.2) is 5.65 Å². The number of anilines is 1. The minimum absolute atomic E-state index is 0.151. The van der Waals surface area contributed by atoms with E-state index >= 15 is 0 Å². The van der Waals surface area contributed by atoms with Crippen LogP contribution in [0.3, 0.4) is 0 Å². The molecule has 0 aliphatic carbocycles. The first-order valence-corrected chi connectivity index (χ1v) is 9.10. The summed E-state index contributed by atoms with van der Waals surface area (Å²) in [6, 6.07) is 1.77. The normalized spacial score (nSPS) is 12.6. The number of aromatic nitrogens is 4. The first-order chi connectivity index (χ1) is 11.9. The molecule has 0 saturated heterocycles. The third-order valence-electron chi connectivity index (χ3n) is 4.23. The molecule has 0 bridgehead atoms. The van der Waals surface area contributed by atoms with Gasteiger partial charge in [0, 0.05) is 10.6 Å². The second-order valence-electron chi connectivity index (χ2n) is 5.81. The van der Waals surface area contributed by atoms with Gasteiger partial charge in [0.05, 0.1) is 28.2 Å². The molecule has 0 amide bonds. The molecule has 2 heterocycles. The summed E-state index contributed by atoms with van der Waals surface area (Å²) in [5.74, 6) is 1.19. The first-order valence-electron chi connectivity index (χ1n) is 7.93. The molecule has 6 nitrogen and oxygen atoms in total. The number of aryl methyl sites for hydroxylation is 1. The van der Waals surface area contributed by atoms with Crippen molar-refractivity contribution >= 4 is 44.4 Å². The quantitative estimate of drug-likeness (QED) is 0.669. The Morgan fingerprint density at radius 1 is 1.36 bits per heavy atom. The molecule has 3 rings (SSSR count). The van der Waals surface area contributed by atoms with Gasteiger partial charge in [-0.1, -0.05) is 11.6 Å². The summed E-state index contributed by atoms with van der Waals surface area (Å²) in [5.41, 5.74) is 9.33. The lowest BCUT2D eigenvalue weighted by Crippen LogP contribution is -2.12. The molecule has 1 unspecified atom stereocenters. The molecule has 8 heteroatoms. The molecule has 0 fully saturated rings. The van der Waals surface area contributed by atoms with Gasteiger partial charge in [-0.3, -0.25) is 0 Å². The van der Waals surface area contributed by atoms with Crippen LogP contribution >= 0.6 is 27.5 Å². The zero-order valence-electron chi connectivity index (χ0n) is 14.5. The van der Waals surface area contributed by atoms with Gasteiger partial charge in [0.2, 0.25) is 0 Å². The Morgan fingerprint density at radius 3 is 2.76 bits per heavy atom. The Kier molecular flexibility index (Phi) is 4.88. The molecule has 0 aliphatic rings. The lowest BCUT2D eigenvalue weighted by molar-refractivity contribution is 0.330. The third kappa shape index (κ3) is 2.95. The molecule has 2 aromatic heterocycles. The predicted molar refractivity (Wildman–Crippen MR) is 103 cm³/mol. The van der Waals surface area contributed by atoms with Crippen molar-refractivity contribution in [3.63, 3.8) is 0 Å². The summed E-state index contributed by atoms with van der Waals surface area (Å²) in [6.45, 7) is 8.37. The Labute approximate surface area is 159 Å². The van der Waals surface area contributed by atoms with Crippen LogP contribution in [0.5, 0.6) is 5.75 Å². The van der Waals surface area contributed by atoms with Crippen molar-refractivity contribution in [2.24, 2.45) is 0 Å². The number of benzene rings is 1. The second kappa shape index (κ2) is 6.80. The standard InChI is InChI=1S/C17H19BrClN5O/c1-5-25-15-11(6-12(19)8(2)14(15)18)10(4)24-17-13(9(3)23-24)16(20)21-7-22-17/h6-7,10H,5H2,1-4H3,(H2,20,21,22). The Balaban J connectivity index is 2.23. The summed E-state index contributed by atoms with van der Waals surface area (Å²) in [6.07, 6.45) is 1.45. The van der Waals surface area contributed by atoms with Gasteiger partial charge in [-0.05, 0) is 55.3 Å². The summed E-state index contributed by atoms with van der Waals surface area (Å²) < 4.78 is 8.57. The van der Waals surface area contributed by atoms with E-state index in [1.807, 2.05) is 38.4 Å². The molecule has 1 atom stereocenters. The number of nitrogen functional groups attached to an aromatic ring is 1. The van der Waals surface area contributed by atoms with Crippen LogP contribution in [0.25, 0.3) is 11.0 Å². The maximum Gasteiger partial charge on any atom is 0.164 e. The number of fused-ring (bicyclic) bond motifs is 1. The van der Waals surface area contributed by atoms with Crippen LogP contribution in [0.15, 0.2) is 16.9 Å². The van der Waals surface area contributed by atoms with Gasteiger partial charge in [-0.25, -0.2) is 14.6 Å². The lowest BCUT2D eigenvalue weighted by Gasteiger charge is -2.20. The number of hydrogen-bond donors (Lipinski definition) is 1. The van der Waals surface area contributed by atoms with Crippen LogP contribution in [0, 0.1) is 13.8 Å². The van der Waals surface area contributed by atoms with Gasteiger partial charge in [-0.2, -0.15) is 5.10 Å². The van der Waals surface area contributed by atoms with Crippen LogP contribution in [-0.2, 0) is 0 Å². The molecule has 0 spiro atoms. The van der Waals surface area contributed by atoms with E-state index < -0.39 is 0 Å². The van der Waals surface area contributed by atoms with Crippen LogP contribution in [-0.4, -0.2) is 26.4 Å². The van der Waals surface area contributed by atoms with Crippen molar-refractivity contribution in [3.8, 4) is 5.75 Å². The summed E-state index contributed by atoms with van der Waals surface area (Å²) in [7, 11) is 0. The SMILES string of the molecule is CCOc1c(C(C)n2nc(C)c3c(N)ncnc32)cc(Cl)c(C)c1Br. The summed E-state index contributed by atoms with van der Waals surface area (Å²) in [5, 5.41) is 6.06. The van der Waals surface area contributed by atoms with Crippen LogP contribution in [0.4, 0.5) is 5.82 Å². The number of ether oxygens (including phenoxy) is 1.